The fourth-order valence-corrected chi connectivity index (χ4v) is 4.96. The third kappa shape index (κ3) is 8.15. The molecule has 0 aliphatic carbocycles. The van der Waals surface area contributed by atoms with Crippen LogP contribution in [0.5, 0.6) is 5.75 Å². The van der Waals surface area contributed by atoms with Crippen molar-refractivity contribution in [2.45, 2.75) is 56.2 Å². The van der Waals surface area contributed by atoms with Crippen molar-refractivity contribution in [1.82, 2.24) is 9.71 Å². The summed E-state index contributed by atoms with van der Waals surface area (Å²) in [6.45, 7) is 1.65. The lowest BCUT2D eigenvalue weighted by molar-refractivity contribution is -0.139. The van der Waals surface area contributed by atoms with E-state index in [1.807, 2.05) is 24.3 Å². The van der Waals surface area contributed by atoms with Gasteiger partial charge in [-0.1, -0.05) is 68.7 Å². The van der Waals surface area contributed by atoms with Crippen molar-refractivity contribution in [2.75, 3.05) is 6.61 Å². The summed E-state index contributed by atoms with van der Waals surface area (Å²) in [5, 5.41) is 19.2. The van der Waals surface area contributed by atoms with Crippen molar-refractivity contribution in [1.29, 1.82) is 0 Å². The minimum atomic E-state index is -3.90. The van der Waals surface area contributed by atoms with Crippen molar-refractivity contribution >= 4 is 16.0 Å². The van der Waals surface area contributed by atoms with Crippen molar-refractivity contribution in [3.8, 4) is 5.75 Å². The topological polar surface area (TPSA) is 126 Å². The van der Waals surface area contributed by atoms with E-state index in [0.717, 1.165) is 30.4 Å². The highest BCUT2D eigenvalue weighted by atomic mass is 32.2. The van der Waals surface area contributed by atoms with Crippen LogP contribution in [0.15, 0.2) is 78.0 Å². The van der Waals surface area contributed by atoms with E-state index in [0.29, 0.717) is 24.2 Å². The van der Waals surface area contributed by atoms with Gasteiger partial charge in [-0.15, -0.1) is 0 Å². The molecule has 8 nitrogen and oxygen atoms in total. The number of pyridine rings is 1. The van der Waals surface area contributed by atoms with E-state index >= 15 is 0 Å². The Morgan fingerprint density at radius 2 is 1.69 bits per heavy atom. The van der Waals surface area contributed by atoms with Gasteiger partial charge in [-0.2, -0.15) is 0 Å². The maximum Gasteiger partial charge on any atom is 0.341 e. The first-order chi connectivity index (χ1) is 17.3. The number of carboxylic acids is 1. The molecule has 0 aliphatic heterocycles. The average Bonchev–Trinajstić information content (AvgIpc) is 2.88. The Hall–Kier alpha value is -3.27. The number of unbranched alkanes of at least 4 members (excludes halogenated alkanes) is 2. The van der Waals surface area contributed by atoms with Gasteiger partial charge in [-0.3, -0.25) is 0 Å². The summed E-state index contributed by atoms with van der Waals surface area (Å²) in [6, 6.07) is 18.2. The standard InChI is InChI=1S/C27H32N2O6S/c1-2-3-4-7-25(30)22-11-9-20(10-12-22)18-24(29-36(33,34)26-8-5-6-17-28-26)21-13-15-23(16-14-21)35-19-27(31)32/h5-6,8-17,24-25,29-30H,2-4,7,18-19H2,1H3,(H,31,32). The van der Waals surface area contributed by atoms with Crippen LogP contribution in [0.25, 0.3) is 0 Å². The van der Waals surface area contributed by atoms with E-state index in [2.05, 4.69) is 16.6 Å². The highest BCUT2D eigenvalue weighted by Crippen LogP contribution is 2.25. The van der Waals surface area contributed by atoms with Gasteiger partial charge in [-0.05, 0) is 53.8 Å². The van der Waals surface area contributed by atoms with Gasteiger partial charge in [0, 0.05) is 6.20 Å². The maximum absolute atomic E-state index is 13.0. The number of benzene rings is 2. The predicted octanol–water partition coefficient (Wildman–Crippen LogP) is 4.42. The fourth-order valence-electron chi connectivity index (χ4n) is 3.79. The molecule has 0 spiro atoms. The van der Waals surface area contributed by atoms with E-state index in [9.17, 15) is 18.3 Å². The molecular formula is C27H32N2O6S. The number of hydrogen-bond acceptors (Lipinski definition) is 6. The Morgan fingerprint density at radius 3 is 2.31 bits per heavy atom. The largest absolute Gasteiger partial charge is 0.482 e. The number of sulfonamides is 1. The first kappa shape index (κ1) is 27.3. The lowest BCUT2D eigenvalue weighted by Gasteiger charge is -2.20. The molecule has 2 atom stereocenters. The number of hydrogen-bond donors (Lipinski definition) is 3. The summed E-state index contributed by atoms with van der Waals surface area (Å²) in [6.07, 6.45) is 5.08. The molecule has 3 N–H and O–H groups in total. The van der Waals surface area contributed by atoms with Crippen LogP contribution in [-0.4, -0.2) is 36.2 Å². The molecule has 2 aromatic carbocycles. The molecular weight excluding hydrogens is 480 g/mol. The Labute approximate surface area is 212 Å². The van der Waals surface area contributed by atoms with Gasteiger partial charge in [-0.25, -0.2) is 22.9 Å². The maximum atomic E-state index is 13.0. The smallest absolute Gasteiger partial charge is 0.341 e. The fraction of sp³-hybridized carbons (Fsp3) is 0.333. The van der Waals surface area contributed by atoms with E-state index in [-0.39, 0.29) is 5.03 Å². The second kappa shape index (κ2) is 13.2. The van der Waals surface area contributed by atoms with Gasteiger partial charge in [0.25, 0.3) is 10.0 Å². The molecule has 3 rings (SSSR count). The van der Waals surface area contributed by atoms with E-state index < -0.39 is 34.7 Å². The zero-order valence-electron chi connectivity index (χ0n) is 20.2. The second-order valence-corrected chi connectivity index (χ2v) is 10.2. The van der Waals surface area contributed by atoms with Crippen LogP contribution >= 0.6 is 0 Å². The summed E-state index contributed by atoms with van der Waals surface area (Å²) in [7, 11) is -3.90. The predicted molar refractivity (Wildman–Crippen MR) is 136 cm³/mol. The number of aliphatic hydroxyl groups is 1. The van der Waals surface area contributed by atoms with Crippen LogP contribution in [0.2, 0.25) is 0 Å². The number of aromatic nitrogens is 1. The van der Waals surface area contributed by atoms with Crippen LogP contribution < -0.4 is 9.46 Å². The molecule has 0 bridgehead atoms. The number of aliphatic hydroxyl groups excluding tert-OH is 1. The summed E-state index contributed by atoms with van der Waals surface area (Å²) in [5.74, 6) is -0.715. The molecule has 192 valence electrons. The van der Waals surface area contributed by atoms with Crippen molar-refractivity contribution in [3.63, 3.8) is 0 Å². The molecule has 3 aromatic rings. The van der Waals surface area contributed by atoms with Crippen molar-refractivity contribution in [2.24, 2.45) is 0 Å². The number of nitrogens with zero attached hydrogens (tertiary/aromatic N) is 1. The lowest BCUT2D eigenvalue weighted by Crippen LogP contribution is -2.30. The van der Waals surface area contributed by atoms with E-state index in [1.54, 1.807) is 36.4 Å². The van der Waals surface area contributed by atoms with Crippen molar-refractivity contribution < 1.29 is 28.2 Å². The summed E-state index contributed by atoms with van der Waals surface area (Å²) in [5.41, 5.74) is 2.40. The normalized spacial score (nSPS) is 13.2. The van der Waals surface area contributed by atoms with Crippen LogP contribution in [0.3, 0.4) is 0 Å². The highest BCUT2D eigenvalue weighted by Gasteiger charge is 2.23. The van der Waals surface area contributed by atoms with Gasteiger partial charge in [0.2, 0.25) is 0 Å². The lowest BCUT2D eigenvalue weighted by atomic mass is 9.97. The summed E-state index contributed by atoms with van der Waals surface area (Å²) >= 11 is 0. The van der Waals surface area contributed by atoms with Crippen molar-refractivity contribution in [3.05, 3.63) is 89.6 Å². The van der Waals surface area contributed by atoms with Gasteiger partial charge in [0.1, 0.15) is 5.75 Å². The third-order valence-corrected chi connectivity index (χ3v) is 7.13. The Balaban J connectivity index is 1.80. The van der Waals surface area contributed by atoms with Gasteiger partial charge >= 0.3 is 5.97 Å². The third-order valence-electron chi connectivity index (χ3n) is 5.74. The SMILES string of the molecule is CCCCCC(O)c1ccc(CC(NS(=O)(=O)c2ccccn2)c2ccc(OCC(=O)O)cc2)cc1. The molecule has 1 aromatic heterocycles. The van der Waals surface area contributed by atoms with E-state index in [1.165, 1.54) is 12.3 Å². The first-order valence-electron chi connectivity index (χ1n) is 11.9. The zero-order valence-corrected chi connectivity index (χ0v) is 21.0. The zero-order chi connectivity index (χ0) is 26.0. The quantitative estimate of drug-likeness (QED) is 0.273. The van der Waals surface area contributed by atoms with Gasteiger partial charge in [0.15, 0.2) is 11.6 Å². The number of rotatable bonds is 14. The van der Waals surface area contributed by atoms with Crippen LogP contribution in [0.4, 0.5) is 0 Å². The molecule has 2 unspecified atom stereocenters. The molecule has 0 saturated heterocycles. The highest BCUT2D eigenvalue weighted by molar-refractivity contribution is 7.89. The Bertz CT molecular complexity index is 1200. The molecule has 1 heterocycles. The molecule has 0 amide bonds. The molecule has 0 fully saturated rings. The molecule has 36 heavy (non-hydrogen) atoms. The number of nitrogens with one attached hydrogen (secondary N) is 1. The molecule has 0 aliphatic rings. The number of carbonyl (C=O) groups is 1. The average molecular weight is 513 g/mol. The van der Waals surface area contributed by atoms with Crippen LogP contribution in [0.1, 0.15) is 61.4 Å². The second-order valence-electron chi connectivity index (χ2n) is 8.55. The van der Waals surface area contributed by atoms with Gasteiger partial charge < -0.3 is 14.9 Å². The number of aliphatic carboxylic acids is 1. The van der Waals surface area contributed by atoms with E-state index in [4.69, 9.17) is 9.84 Å². The van der Waals surface area contributed by atoms with Crippen LogP contribution in [0, 0.1) is 0 Å². The molecule has 9 heteroatoms. The molecule has 0 radical (unpaired) electrons. The van der Waals surface area contributed by atoms with Crippen LogP contribution in [-0.2, 0) is 21.2 Å². The summed E-state index contributed by atoms with van der Waals surface area (Å²) < 4.78 is 34.0. The number of carboxylic acid groups (broad SMARTS) is 1. The number of ether oxygens (including phenoxy) is 1. The summed E-state index contributed by atoms with van der Waals surface area (Å²) in [4.78, 5) is 14.7. The first-order valence-corrected chi connectivity index (χ1v) is 13.4. The Morgan fingerprint density at radius 1 is 1.00 bits per heavy atom. The van der Waals surface area contributed by atoms with Gasteiger partial charge in [0.05, 0.1) is 12.1 Å². The Kier molecular flexibility index (Phi) is 9.98. The minimum Gasteiger partial charge on any atom is -0.482 e. The monoisotopic (exact) mass is 512 g/mol. The minimum absolute atomic E-state index is 0.0815. The molecule has 0 saturated carbocycles.